The van der Waals surface area contributed by atoms with Crippen LogP contribution in [0.5, 0.6) is 0 Å². The van der Waals surface area contributed by atoms with Crippen molar-refractivity contribution >= 4 is 10.0 Å². The van der Waals surface area contributed by atoms with Crippen LogP contribution in [0, 0.1) is 18.3 Å². The van der Waals surface area contributed by atoms with Crippen LogP contribution in [0.4, 0.5) is 0 Å². The summed E-state index contributed by atoms with van der Waals surface area (Å²) in [5, 5.41) is 12.1. The maximum atomic E-state index is 12.8. The lowest BCUT2D eigenvalue weighted by molar-refractivity contribution is 0.244. The molecule has 1 aromatic carbocycles. The van der Waals surface area contributed by atoms with Crippen LogP contribution in [0.2, 0.25) is 0 Å². The smallest absolute Gasteiger partial charge is 0.243 e. The van der Waals surface area contributed by atoms with E-state index in [1.165, 1.54) is 6.07 Å². The SMILES string of the molecule is Cc1cc(C#N)ccc1S(=O)(=O)N1CC(C)NCC1C. The van der Waals surface area contributed by atoms with Crippen molar-refractivity contribution in [3.8, 4) is 6.07 Å². The van der Waals surface area contributed by atoms with E-state index in [1.807, 2.05) is 19.9 Å². The second kappa shape index (κ2) is 5.52. The molecule has 2 atom stereocenters. The first kappa shape index (κ1) is 15.0. The third-order valence-electron chi connectivity index (χ3n) is 3.60. The van der Waals surface area contributed by atoms with Crippen molar-refractivity contribution in [3.63, 3.8) is 0 Å². The van der Waals surface area contributed by atoms with Crippen molar-refractivity contribution in [1.82, 2.24) is 9.62 Å². The fraction of sp³-hybridized carbons (Fsp3) is 0.500. The summed E-state index contributed by atoms with van der Waals surface area (Å²) in [5.74, 6) is 0. The fourth-order valence-electron chi connectivity index (χ4n) is 2.46. The Hall–Kier alpha value is -1.42. The highest BCUT2D eigenvalue weighted by Crippen LogP contribution is 2.24. The molecule has 0 spiro atoms. The van der Waals surface area contributed by atoms with E-state index in [-0.39, 0.29) is 17.0 Å². The van der Waals surface area contributed by atoms with E-state index in [4.69, 9.17) is 5.26 Å². The summed E-state index contributed by atoms with van der Waals surface area (Å²) in [6, 6.07) is 6.78. The van der Waals surface area contributed by atoms with Crippen LogP contribution in [0.25, 0.3) is 0 Å². The molecule has 0 amide bonds. The number of aryl methyl sites for hydroxylation is 1. The zero-order valence-corrected chi connectivity index (χ0v) is 12.7. The second-order valence-electron chi connectivity index (χ2n) is 5.33. The van der Waals surface area contributed by atoms with Crippen molar-refractivity contribution < 1.29 is 8.42 Å². The Morgan fingerprint density at radius 3 is 2.70 bits per heavy atom. The molecule has 0 radical (unpaired) electrons. The van der Waals surface area contributed by atoms with Crippen LogP contribution in [-0.4, -0.2) is 37.9 Å². The Morgan fingerprint density at radius 2 is 2.10 bits per heavy atom. The lowest BCUT2D eigenvalue weighted by Gasteiger charge is -2.36. The first-order valence-electron chi connectivity index (χ1n) is 6.62. The van der Waals surface area contributed by atoms with Gasteiger partial charge in [-0.15, -0.1) is 0 Å². The van der Waals surface area contributed by atoms with Crippen LogP contribution >= 0.6 is 0 Å². The van der Waals surface area contributed by atoms with Crippen molar-refractivity contribution in [3.05, 3.63) is 29.3 Å². The van der Waals surface area contributed by atoms with Gasteiger partial charge in [-0.1, -0.05) is 0 Å². The van der Waals surface area contributed by atoms with E-state index in [0.29, 0.717) is 24.2 Å². The summed E-state index contributed by atoms with van der Waals surface area (Å²) >= 11 is 0. The van der Waals surface area contributed by atoms with Gasteiger partial charge < -0.3 is 5.32 Å². The quantitative estimate of drug-likeness (QED) is 0.890. The monoisotopic (exact) mass is 293 g/mol. The summed E-state index contributed by atoms with van der Waals surface area (Å²) in [6.07, 6.45) is 0. The molecule has 0 aliphatic carbocycles. The lowest BCUT2D eigenvalue weighted by Crippen LogP contribution is -2.56. The fourth-order valence-corrected chi connectivity index (χ4v) is 4.38. The Bertz CT molecular complexity index is 649. The molecule has 20 heavy (non-hydrogen) atoms. The zero-order valence-electron chi connectivity index (χ0n) is 11.9. The highest BCUT2D eigenvalue weighted by atomic mass is 32.2. The van der Waals surface area contributed by atoms with Gasteiger partial charge >= 0.3 is 0 Å². The Kier molecular flexibility index (Phi) is 4.14. The number of hydrogen-bond acceptors (Lipinski definition) is 4. The predicted octanol–water partition coefficient (Wildman–Crippen LogP) is 1.24. The first-order chi connectivity index (χ1) is 9.36. The van der Waals surface area contributed by atoms with Crippen LogP contribution in [0.1, 0.15) is 25.0 Å². The number of nitrogens with one attached hydrogen (secondary N) is 1. The summed E-state index contributed by atoms with van der Waals surface area (Å²) in [7, 11) is -3.52. The Labute approximate surface area is 120 Å². The molecule has 1 saturated heterocycles. The third-order valence-corrected chi connectivity index (χ3v) is 5.74. The highest BCUT2D eigenvalue weighted by Gasteiger charge is 2.34. The number of benzene rings is 1. The van der Waals surface area contributed by atoms with Crippen molar-refractivity contribution in [1.29, 1.82) is 5.26 Å². The largest absolute Gasteiger partial charge is 0.311 e. The van der Waals surface area contributed by atoms with Crippen molar-refractivity contribution in [2.45, 2.75) is 37.8 Å². The molecule has 5 nitrogen and oxygen atoms in total. The minimum atomic E-state index is -3.52. The van der Waals surface area contributed by atoms with Gasteiger partial charge in [0.05, 0.1) is 16.5 Å². The van der Waals surface area contributed by atoms with E-state index >= 15 is 0 Å². The van der Waals surface area contributed by atoms with Crippen LogP contribution < -0.4 is 5.32 Å². The van der Waals surface area contributed by atoms with E-state index in [0.717, 1.165) is 0 Å². The van der Waals surface area contributed by atoms with Gasteiger partial charge in [-0.25, -0.2) is 8.42 Å². The molecule has 6 heteroatoms. The van der Waals surface area contributed by atoms with E-state index in [1.54, 1.807) is 23.4 Å². The molecule has 1 aliphatic heterocycles. The topological polar surface area (TPSA) is 73.2 Å². The van der Waals surface area contributed by atoms with Gasteiger partial charge in [0, 0.05) is 25.2 Å². The maximum absolute atomic E-state index is 12.8. The van der Waals surface area contributed by atoms with Gasteiger partial charge in [-0.2, -0.15) is 9.57 Å². The number of piperazine rings is 1. The normalized spacial score (nSPS) is 24.3. The molecule has 0 saturated carbocycles. The highest BCUT2D eigenvalue weighted by molar-refractivity contribution is 7.89. The van der Waals surface area contributed by atoms with Gasteiger partial charge in [-0.05, 0) is 44.5 Å². The number of hydrogen-bond donors (Lipinski definition) is 1. The van der Waals surface area contributed by atoms with Crippen LogP contribution in [0.3, 0.4) is 0 Å². The lowest BCUT2D eigenvalue weighted by atomic mass is 10.2. The molecule has 0 bridgehead atoms. The molecular formula is C14H19N3O2S. The Morgan fingerprint density at radius 1 is 1.40 bits per heavy atom. The zero-order chi connectivity index (χ0) is 14.9. The molecule has 2 unspecified atom stereocenters. The molecule has 0 aromatic heterocycles. The second-order valence-corrected chi connectivity index (χ2v) is 7.18. The van der Waals surface area contributed by atoms with Gasteiger partial charge in [0.15, 0.2) is 0 Å². The average molecular weight is 293 g/mol. The summed E-state index contributed by atoms with van der Waals surface area (Å²) in [6.45, 7) is 6.71. The van der Waals surface area contributed by atoms with E-state index in [2.05, 4.69) is 5.32 Å². The maximum Gasteiger partial charge on any atom is 0.243 e. The summed E-state index contributed by atoms with van der Waals surface area (Å²) in [4.78, 5) is 0.289. The molecule has 108 valence electrons. The Balaban J connectivity index is 2.42. The van der Waals surface area contributed by atoms with Crippen molar-refractivity contribution in [2.24, 2.45) is 0 Å². The third kappa shape index (κ3) is 2.70. The number of rotatable bonds is 2. The molecule has 1 aromatic rings. The van der Waals surface area contributed by atoms with Gasteiger partial charge in [0.25, 0.3) is 0 Å². The average Bonchev–Trinajstić information content (AvgIpc) is 2.40. The van der Waals surface area contributed by atoms with E-state index in [9.17, 15) is 8.42 Å². The van der Waals surface area contributed by atoms with Gasteiger partial charge in [0.1, 0.15) is 0 Å². The predicted molar refractivity (Wildman–Crippen MR) is 76.7 cm³/mol. The van der Waals surface area contributed by atoms with E-state index < -0.39 is 10.0 Å². The summed E-state index contributed by atoms with van der Waals surface area (Å²) < 4.78 is 27.1. The molecule has 1 heterocycles. The first-order valence-corrected chi connectivity index (χ1v) is 8.06. The van der Waals surface area contributed by atoms with Gasteiger partial charge in [0.2, 0.25) is 10.0 Å². The molecule has 1 fully saturated rings. The van der Waals surface area contributed by atoms with Crippen LogP contribution in [-0.2, 0) is 10.0 Å². The van der Waals surface area contributed by atoms with Crippen LogP contribution in [0.15, 0.2) is 23.1 Å². The molecule has 1 aliphatic rings. The standard InChI is InChI=1S/C14H19N3O2S/c1-10-6-13(7-15)4-5-14(10)20(18,19)17-9-11(2)16-8-12(17)3/h4-6,11-12,16H,8-9H2,1-3H3. The summed E-state index contributed by atoms with van der Waals surface area (Å²) in [5.41, 5.74) is 1.09. The van der Waals surface area contributed by atoms with Crippen molar-refractivity contribution in [2.75, 3.05) is 13.1 Å². The number of nitrogens with zero attached hydrogens (tertiary/aromatic N) is 2. The minimum absolute atomic E-state index is 0.0776. The minimum Gasteiger partial charge on any atom is -0.311 e. The molecule has 2 rings (SSSR count). The van der Waals surface area contributed by atoms with Gasteiger partial charge in [-0.3, -0.25) is 0 Å². The molecule has 1 N–H and O–H groups in total. The number of sulfonamides is 1. The number of nitriles is 1. The molecular weight excluding hydrogens is 274 g/mol.